The number of hydrogen-bond acceptors (Lipinski definition) is 5. The second kappa shape index (κ2) is 10.3. The molecule has 186 valence electrons. The molecule has 0 bridgehead atoms. The van der Waals surface area contributed by atoms with Gasteiger partial charge in [-0.25, -0.2) is 0 Å². The van der Waals surface area contributed by atoms with Gasteiger partial charge in [-0.1, -0.05) is 31.2 Å². The summed E-state index contributed by atoms with van der Waals surface area (Å²) in [5.74, 6) is -0.243. The van der Waals surface area contributed by atoms with Gasteiger partial charge in [0.2, 0.25) is 0 Å². The van der Waals surface area contributed by atoms with Gasteiger partial charge in [0.1, 0.15) is 17.3 Å². The molecule has 1 amide bonds. The Morgan fingerprint density at radius 3 is 2.31 bits per heavy atom. The van der Waals surface area contributed by atoms with E-state index in [1.807, 2.05) is 58.0 Å². The second-order valence-corrected chi connectivity index (χ2v) is 9.06. The van der Waals surface area contributed by atoms with Crippen molar-refractivity contribution in [3.8, 4) is 11.5 Å². The largest absolute Gasteiger partial charge is 0.507 e. The number of nitrogens with zero attached hydrogens (tertiary/aromatic N) is 1. The molecule has 1 aliphatic rings. The average Bonchev–Trinajstić information content (AvgIpc) is 3.14. The number of amides is 1. The van der Waals surface area contributed by atoms with Crippen molar-refractivity contribution in [1.29, 1.82) is 0 Å². The van der Waals surface area contributed by atoms with Crippen LogP contribution in [-0.4, -0.2) is 30.5 Å². The maximum atomic E-state index is 13.4. The van der Waals surface area contributed by atoms with Crippen LogP contribution in [0.2, 0.25) is 0 Å². The first-order valence-electron chi connectivity index (χ1n) is 12.0. The molecule has 1 heterocycles. The van der Waals surface area contributed by atoms with Gasteiger partial charge in [0.25, 0.3) is 11.7 Å². The van der Waals surface area contributed by atoms with Crippen LogP contribution in [-0.2, 0) is 9.59 Å². The molecule has 1 atom stereocenters. The Kier molecular flexibility index (Phi) is 7.15. The number of ketones is 1. The summed E-state index contributed by atoms with van der Waals surface area (Å²) in [5.41, 5.74) is 4.48. The van der Waals surface area contributed by atoms with Gasteiger partial charge in [-0.05, 0) is 85.8 Å². The van der Waals surface area contributed by atoms with Crippen LogP contribution in [0.15, 0.2) is 66.2 Å². The SMILES string of the molecule is CCCOc1ccc(/C(O)=C2/C(=O)C(=O)N(c3cc(C)ccc3C)C2c2ccc(OC)cc2)cc1C. The molecular formula is C30H31NO5. The van der Waals surface area contributed by atoms with E-state index in [0.717, 1.165) is 28.9 Å². The number of Topliss-reactive ketones (excluding diaryl/α,β-unsaturated/α-hetero) is 1. The minimum Gasteiger partial charge on any atom is -0.507 e. The van der Waals surface area contributed by atoms with E-state index in [4.69, 9.17) is 9.47 Å². The predicted molar refractivity (Wildman–Crippen MR) is 141 cm³/mol. The molecule has 6 heteroatoms. The number of methoxy groups -OCH3 is 1. The molecule has 3 aromatic carbocycles. The van der Waals surface area contributed by atoms with E-state index < -0.39 is 17.7 Å². The van der Waals surface area contributed by atoms with Crippen LogP contribution in [0.4, 0.5) is 5.69 Å². The summed E-state index contributed by atoms with van der Waals surface area (Å²) < 4.78 is 11.1. The summed E-state index contributed by atoms with van der Waals surface area (Å²) in [6, 6.07) is 17.4. The molecule has 0 spiro atoms. The van der Waals surface area contributed by atoms with Crippen LogP contribution in [0, 0.1) is 20.8 Å². The molecule has 0 saturated carbocycles. The maximum absolute atomic E-state index is 13.4. The summed E-state index contributed by atoms with van der Waals surface area (Å²) in [6.45, 7) is 8.34. The van der Waals surface area contributed by atoms with Crippen LogP contribution in [0.5, 0.6) is 11.5 Å². The molecule has 0 aromatic heterocycles. The molecular weight excluding hydrogens is 454 g/mol. The lowest BCUT2D eigenvalue weighted by atomic mass is 9.94. The van der Waals surface area contributed by atoms with E-state index in [1.165, 1.54) is 4.90 Å². The van der Waals surface area contributed by atoms with Gasteiger partial charge in [0, 0.05) is 11.3 Å². The number of aliphatic hydroxyl groups is 1. The van der Waals surface area contributed by atoms with Crippen molar-refractivity contribution in [2.75, 3.05) is 18.6 Å². The molecule has 1 saturated heterocycles. The predicted octanol–water partition coefficient (Wildman–Crippen LogP) is 6.04. The van der Waals surface area contributed by atoms with Gasteiger partial charge < -0.3 is 14.6 Å². The van der Waals surface area contributed by atoms with Crippen LogP contribution < -0.4 is 14.4 Å². The topological polar surface area (TPSA) is 76.1 Å². The average molecular weight is 486 g/mol. The number of aryl methyl sites for hydroxylation is 3. The van der Waals surface area contributed by atoms with Crippen LogP contribution in [0.1, 0.15) is 47.2 Å². The van der Waals surface area contributed by atoms with E-state index in [2.05, 4.69) is 0 Å². The monoisotopic (exact) mass is 485 g/mol. The van der Waals surface area contributed by atoms with E-state index >= 15 is 0 Å². The Morgan fingerprint density at radius 2 is 1.67 bits per heavy atom. The number of ether oxygens (including phenoxy) is 2. The lowest BCUT2D eigenvalue weighted by molar-refractivity contribution is -0.132. The Morgan fingerprint density at radius 1 is 0.944 bits per heavy atom. The minimum atomic E-state index is -0.798. The quantitative estimate of drug-likeness (QED) is 0.251. The van der Waals surface area contributed by atoms with Crippen molar-refractivity contribution in [2.24, 2.45) is 0 Å². The summed E-state index contributed by atoms with van der Waals surface area (Å²) in [4.78, 5) is 28.4. The number of aliphatic hydroxyl groups excluding tert-OH is 1. The lowest BCUT2D eigenvalue weighted by Gasteiger charge is -2.27. The van der Waals surface area contributed by atoms with Crippen LogP contribution >= 0.6 is 0 Å². The molecule has 4 rings (SSSR count). The van der Waals surface area contributed by atoms with Gasteiger partial charge in [-0.15, -0.1) is 0 Å². The second-order valence-electron chi connectivity index (χ2n) is 9.06. The molecule has 1 aliphatic heterocycles. The Labute approximate surface area is 211 Å². The Balaban J connectivity index is 1.90. The molecule has 0 radical (unpaired) electrons. The standard InChI is InChI=1S/C30H31NO5/c1-6-15-36-25-14-11-22(17-20(25)4)28(32)26-27(21-9-12-23(35-5)13-10-21)31(30(34)29(26)33)24-16-18(2)7-8-19(24)3/h7-14,16-17,27,32H,6,15H2,1-5H3/b28-26-. The van der Waals surface area contributed by atoms with Gasteiger partial charge in [-0.3, -0.25) is 14.5 Å². The van der Waals surface area contributed by atoms with E-state index in [9.17, 15) is 14.7 Å². The van der Waals surface area contributed by atoms with Crippen molar-refractivity contribution in [2.45, 2.75) is 40.2 Å². The molecule has 36 heavy (non-hydrogen) atoms. The van der Waals surface area contributed by atoms with E-state index in [-0.39, 0.29) is 11.3 Å². The third-order valence-corrected chi connectivity index (χ3v) is 6.41. The number of benzene rings is 3. The molecule has 6 nitrogen and oxygen atoms in total. The van der Waals surface area contributed by atoms with Gasteiger partial charge in [-0.2, -0.15) is 0 Å². The zero-order chi connectivity index (χ0) is 26.0. The van der Waals surface area contributed by atoms with E-state index in [0.29, 0.717) is 29.2 Å². The Bertz CT molecular complexity index is 1340. The summed E-state index contributed by atoms with van der Waals surface area (Å²) in [5, 5.41) is 11.4. The van der Waals surface area contributed by atoms with Gasteiger partial charge >= 0.3 is 0 Å². The number of anilines is 1. The third-order valence-electron chi connectivity index (χ3n) is 6.41. The van der Waals surface area contributed by atoms with Crippen LogP contribution in [0.25, 0.3) is 5.76 Å². The van der Waals surface area contributed by atoms with Crippen molar-refractivity contribution in [3.63, 3.8) is 0 Å². The third kappa shape index (κ3) is 4.59. The zero-order valence-electron chi connectivity index (χ0n) is 21.3. The van der Waals surface area contributed by atoms with Crippen molar-refractivity contribution in [3.05, 3.63) is 94.1 Å². The minimum absolute atomic E-state index is 0.0488. The summed E-state index contributed by atoms with van der Waals surface area (Å²) in [6.07, 6.45) is 0.880. The highest BCUT2D eigenvalue weighted by Gasteiger charge is 2.47. The lowest BCUT2D eigenvalue weighted by Crippen LogP contribution is -2.30. The molecule has 3 aromatic rings. The number of rotatable bonds is 7. The van der Waals surface area contributed by atoms with E-state index in [1.54, 1.807) is 37.4 Å². The Hall–Kier alpha value is -4.06. The zero-order valence-corrected chi connectivity index (χ0v) is 21.3. The summed E-state index contributed by atoms with van der Waals surface area (Å²) in [7, 11) is 1.58. The maximum Gasteiger partial charge on any atom is 0.300 e. The molecule has 1 fully saturated rings. The van der Waals surface area contributed by atoms with Crippen LogP contribution in [0.3, 0.4) is 0 Å². The van der Waals surface area contributed by atoms with Crippen molar-refractivity contribution < 1.29 is 24.2 Å². The first-order valence-corrected chi connectivity index (χ1v) is 12.0. The molecule has 1 unspecified atom stereocenters. The number of carbonyl (C=O) groups is 2. The molecule has 1 N–H and O–H groups in total. The summed E-state index contributed by atoms with van der Waals surface area (Å²) >= 11 is 0. The fraction of sp³-hybridized carbons (Fsp3) is 0.267. The van der Waals surface area contributed by atoms with Crippen molar-refractivity contribution in [1.82, 2.24) is 0 Å². The van der Waals surface area contributed by atoms with Gasteiger partial charge in [0.15, 0.2) is 0 Å². The fourth-order valence-corrected chi connectivity index (χ4v) is 4.49. The number of carbonyl (C=O) groups excluding carboxylic acids is 2. The van der Waals surface area contributed by atoms with Crippen molar-refractivity contribution >= 4 is 23.1 Å². The first kappa shape index (κ1) is 25.0. The number of hydrogen-bond donors (Lipinski definition) is 1. The van der Waals surface area contributed by atoms with Gasteiger partial charge in [0.05, 0.1) is 25.3 Å². The fourth-order valence-electron chi connectivity index (χ4n) is 4.49. The first-order chi connectivity index (χ1) is 17.3. The molecule has 0 aliphatic carbocycles. The smallest absolute Gasteiger partial charge is 0.300 e. The highest BCUT2D eigenvalue weighted by molar-refractivity contribution is 6.51. The highest BCUT2D eigenvalue weighted by atomic mass is 16.5. The highest BCUT2D eigenvalue weighted by Crippen LogP contribution is 2.43. The normalized spacial score (nSPS) is 16.9.